The van der Waals surface area contributed by atoms with Gasteiger partial charge < -0.3 is 9.88 Å². The smallest absolute Gasteiger partial charge is 0.324 e. The van der Waals surface area contributed by atoms with Crippen LogP contribution in [0, 0.1) is 6.92 Å². The van der Waals surface area contributed by atoms with Crippen molar-refractivity contribution < 1.29 is 17.7 Å². The summed E-state index contributed by atoms with van der Waals surface area (Å²) in [4.78, 5) is 7.95. The monoisotopic (exact) mass is 451 g/mol. The molecule has 0 spiro atoms. The number of anilines is 2. The van der Waals surface area contributed by atoms with Gasteiger partial charge in [0, 0.05) is 22.9 Å². The predicted molar refractivity (Wildman–Crippen MR) is 117 cm³/mol. The molecule has 3 aromatic rings. The molecule has 158 valence electrons. The molecule has 2 aromatic carbocycles. The van der Waals surface area contributed by atoms with Gasteiger partial charge in [0.05, 0.1) is 0 Å². The predicted octanol–water partition coefficient (Wildman–Crippen LogP) is 6.09. The van der Waals surface area contributed by atoms with E-state index in [-0.39, 0.29) is 11.0 Å². The van der Waals surface area contributed by atoms with Crippen molar-refractivity contribution in [3.05, 3.63) is 71.4 Å². The molecule has 0 radical (unpaired) electrons. The topological polar surface area (TPSA) is 54.9 Å². The fourth-order valence-electron chi connectivity index (χ4n) is 2.68. The van der Waals surface area contributed by atoms with Crippen molar-refractivity contribution in [1.82, 2.24) is 9.97 Å². The number of rotatable bonds is 6. The normalized spacial score (nSPS) is 12.1. The van der Waals surface area contributed by atoms with Crippen LogP contribution in [0.25, 0.3) is 0 Å². The maximum Gasteiger partial charge on any atom is 0.420 e. The minimum Gasteiger partial charge on any atom is -0.324 e. The van der Waals surface area contributed by atoms with Gasteiger partial charge in [0.25, 0.3) is 0 Å². The van der Waals surface area contributed by atoms with Gasteiger partial charge in [0.2, 0.25) is 5.95 Å². The Hall–Kier alpha value is -2.31. The van der Waals surface area contributed by atoms with Gasteiger partial charge in [-0.05, 0) is 55.6 Å². The number of nitrogens with zero attached hydrogens (tertiary/aromatic N) is 2. The number of thioether (sulfide) groups is 1. The molecule has 0 atom stereocenters. The second-order valence-corrected chi connectivity index (χ2v) is 11.3. The maximum absolute atomic E-state index is 13.4. The van der Waals surface area contributed by atoms with Crippen LogP contribution in [0.1, 0.15) is 16.7 Å². The van der Waals surface area contributed by atoms with E-state index in [1.165, 1.54) is 0 Å². The van der Waals surface area contributed by atoms with Crippen molar-refractivity contribution in [1.29, 1.82) is 0 Å². The lowest BCUT2D eigenvalue weighted by Crippen LogP contribution is -2.11. The number of aromatic nitrogens is 2. The maximum atomic E-state index is 13.4. The minimum atomic E-state index is -4.54. The van der Waals surface area contributed by atoms with E-state index < -0.39 is 18.9 Å². The standard InChI is InChI=1S/C21H21F3N3OPS/c1-14-6-4-5-7-15(14)13-30-19-18(21(22,23)24)12-25-20(27-19)26-16-8-10-17(11-9-16)29(2,3)28/h4-12H,13H2,1-3H3,(H,25,26,27). The summed E-state index contributed by atoms with van der Waals surface area (Å²) in [6.07, 6.45) is -3.74. The molecular formula is C21H21F3N3OPS. The summed E-state index contributed by atoms with van der Waals surface area (Å²) in [5.74, 6) is 0.433. The Bertz CT molecular complexity index is 1080. The summed E-state index contributed by atoms with van der Waals surface area (Å²) in [5, 5.41) is 3.50. The van der Waals surface area contributed by atoms with Gasteiger partial charge in [0.15, 0.2) is 0 Å². The third-order valence-electron chi connectivity index (χ3n) is 4.43. The number of halogens is 3. The highest BCUT2D eigenvalue weighted by Crippen LogP contribution is 2.37. The second kappa shape index (κ2) is 8.82. The van der Waals surface area contributed by atoms with Crippen LogP contribution < -0.4 is 10.6 Å². The highest BCUT2D eigenvalue weighted by Gasteiger charge is 2.35. The van der Waals surface area contributed by atoms with E-state index in [4.69, 9.17) is 0 Å². The van der Waals surface area contributed by atoms with Crippen molar-refractivity contribution in [2.24, 2.45) is 0 Å². The van der Waals surface area contributed by atoms with Crippen molar-refractivity contribution in [2.75, 3.05) is 18.6 Å². The fraction of sp³-hybridized carbons (Fsp3) is 0.238. The minimum absolute atomic E-state index is 0.0687. The Balaban J connectivity index is 1.85. The summed E-state index contributed by atoms with van der Waals surface area (Å²) < 4.78 is 52.4. The molecule has 30 heavy (non-hydrogen) atoms. The van der Waals surface area contributed by atoms with Crippen LogP contribution in [0.4, 0.5) is 24.8 Å². The highest BCUT2D eigenvalue weighted by molar-refractivity contribution is 7.98. The van der Waals surface area contributed by atoms with Crippen LogP contribution in [0.2, 0.25) is 0 Å². The molecule has 0 saturated carbocycles. The van der Waals surface area contributed by atoms with E-state index in [0.717, 1.165) is 34.4 Å². The van der Waals surface area contributed by atoms with Gasteiger partial charge >= 0.3 is 6.18 Å². The SMILES string of the molecule is Cc1ccccc1CSc1nc(Nc2ccc(P(C)(C)=O)cc2)ncc1C(F)(F)F. The molecule has 1 aromatic heterocycles. The zero-order chi connectivity index (χ0) is 21.9. The van der Waals surface area contributed by atoms with Crippen LogP contribution in [0.3, 0.4) is 0 Å². The Morgan fingerprint density at radius 2 is 1.73 bits per heavy atom. The van der Waals surface area contributed by atoms with Gasteiger partial charge in [-0.25, -0.2) is 9.97 Å². The second-order valence-electron chi connectivity index (χ2n) is 7.15. The first-order chi connectivity index (χ1) is 14.0. The van der Waals surface area contributed by atoms with E-state index in [0.29, 0.717) is 11.4 Å². The number of aryl methyl sites for hydroxylation is 1. The molecule has 0 bridgehead atoms. The van der Waals surface area contributed by atoms with Crippen molar-refractivity contribution in [3.8, 4) is 0 Å². The number of hydrogen-bond acceptors (Lipinski definition) is 5. The van der Waals surface area contributed by atoms with Crippen molar-refractivity contribution in [2.45, 2.75) is 23.9 Å². The highest BCUT2D eigenvalue weighted by atomic mass is 32.2. The molecule has 4 nitrogen and oxygen atoms in total. The lowest BCUT2D eigenvalue weighted by Gasteiger charge is -2.14. The molecule has 0 unspecified atom stereocenters. The van der Waals surface area contributed by atoms with Crippen molar-refractivity contribution in [3.63, 3.8) is 0 Å². The number of hydrogen-bond donors (Lipinski definition) is 1. The molecule has 0 amide bonds. The third-order valence-corrected chi connectivity index (χ3v) is 7.01. The van der Waals surface area contributed by atoms with Gasteiger partial charge in [-0.2, -0.15) is 13.2 Å². The lowest BCUT2D eigenvalue weighted by molar-refractivity contribution is -0.140. The van der Waals surface area contributed by atoms with Gasteiger partial charge in [0.1, 0.15) is 17.7 Å². The molecule has 0 aliphatic rings. The summed E-state index contributed by atoms with van der Waals surface area (Å²) in [6, 6.07) is 14.4. The summed E-state index contributed by atoms with van der Waals surface area (Å²) in [7, 11) is -2.38. The summed E-state index contributed by atoms with van der Waals surface area (Å²) in [5.41, 5.74) is 1.69. The van der Waals surface area contributed by atoms with Gasteiger partial charge in [-0.3, -0.25) is 0 Å². The Labute approximate surface area is 177 Å². The first kappa shape index (κ1) is 22.4. The Morgan fingerprint density at radius 3 is 2.33 bits per heavy atom. The molecule has 1 N–H and O–H groups in total. The van der Waals surface area contributed by atoms with Crippen LogP contribution in [-0.4, -0.2) is 23.3 Å². The first-order valence-corrected chi connectivity index (χ1v) is 12.7. The zero-order valence-corrected chi connectivity index (χ0v) is 18.4. The number of benzene rings is 2. The van der Waals surface area contributed by atoms with Gasteiger partial charge in [-0.15, -0.1) is 11.8 Å². The Morgan fingerprint density at radius 1 is 1.07 bits per heavy atom. The lowest BCUT2D eigenvalue weighted by atomic mass is 10.1. The average molecular weight is 451 g/mol. The van der Waals surface area contributed by atoms with Crippen LogP contribution in [-0.2, 0) is 16.5 Å². The quantitative estimate of drug-likeness (QED) is 0.279. The number of nitrogens with one attached hydrogen (secondary N) is 1. The van der Waals surface area contributed by atoms with E-state index >= 15 is 0 Å². The molecular weight excluding hydrogens is 430 g/mol. The third kappa shape index (κ3) is 5.64. The van der Waals surface area contributed by atoms with E-state index in [2.05, 4.69) is 15.3 Å². The van der Waals surface area contributed by atoms with Crippen molar-refractivity contribution >= 4 is 35.8 Å². The van der Waals surface area contributed by atoms with Crippen LogP contribution in [0.5, 0.6) is 0 Å². The van der Waals surface area contributed by atoms with Crippen LogP contribution in [0.15, 0.2) is 59.8 Å². The largest absolute Gasteiger partial charge is 0.420 e. The molecule has 1 heterocycles. The molecule has 0 aliphatic carbocycles. The van der Waals surface area contributed by atoms with Gasteiger partial charge in [-0.1, -0.05) is 24.3 Å². The Kier molecular flexibility index (Phi) is 6.58. The molecule has 0 fully saturated rings. The van der Waals surface area contributed by atoms with E-state index in [1.807, 2.05) is 31.2 Å². The number of alkyl halides is 3. The van der Waals surface area contributed by atoms with E-state index in [1.54, 1.807) is 37.6 Å². The average Bonchev–Trinajstić information content (AvgIpc) is 2.66. The molecule has 0 aliphatic heterocycles. The van der Waals surface area contributed by atoms with E-state index in [9.17, 15) is 17.7 Å². The first-order valence-electron chi connectivity index (χ1n) is 9.08. The molecule has 0 saturated heterocycles. The van der Waals surface area contributed by atoms with Crippen LogP contribution >= 0.6 is 18.9 Å². The summed E-state index contributed by atoms with van der Waals surface area (Å²) >= 11 is 1.02. The summed E-state index contributed by atoms with van der Waals surface area (Å²) in [6.45, 7) is 5.27. The molecule has 9 heteroatoms. The zero-order valence-electron chi connectivity index (χ0n) is 16.7. The fourth-order valence-corrected chi connectivity index (χ4v) is 4.64. The molecule has 3 rings (SSSR count).